The third-order valence-electron chi connectivity index (χ3n) is 1.80. The predicted molar refractivity (Wildman–Crippen MR) is 50.1 cm³/mol. The molecule has 1 aromatic carbocycles. The SMILES string of the molecule is O=S(=O)(CCCO)c1ccc(F)cc1F. The third kappa shape index (κ3) is 2.97. The lowest BCUT2D eigenvalue weighted by atomic mass is 10.3. The fourth-order valence-electron chi connectivity index (χ4n) is 1.09. The molecule has 15 heavy (non-hydrogen) atoms. The topological polar surface area (TPSA) is 54.4 Å². The summed E-state index contributed by atoms with van der Waals surface area (Å²) in [6.45, 7) is -0.290. The van der Waals surface area contributed by atoms with E-state index in [-0.39, 0.29) is 18.8 Å². The number of aliphatic hydroxyl groups excluding tert-OH is 1. The first-order valence-corrected chi connectivity index (χ1v) is 5.91. The minimum Gasteiger partial charge on any atom is -0.396 e. The van der Waals surface area contributed by atoms with E-state index in [4.69, 9.17) is 5.11 Å². The highest BCUT2D eigenvalue weighted by molar-refractivity contribution is 7.91. The third-order valence-corrected chi connectivity index (χ3v) is 3.63. The first-order chi connectivity index (χ1) is 6.97. The molecule has 0 saturated heterocycles. The summed E-state index contributed by atoms with van der Waals surface area (Å²) in [4.78, 5) is -0.530. The van der Waals surface area contributed by atoms with Crippen molar-refractivity contribution < 1.29 is 22.3 Å². The normalized spacial score (nSPS) is 11.7. The summed E-state index contributed by atoms with van der Waals surface area (Å²) < 4.78 is 48.5. The summed E-state index contributed by atoms with van der Waals surface area (Å²) in [5.41, 5.74) is 0. The maximum absolute atomic E-state index is 13.1. The van der Waals surface area contributed by atoms with Crippen LogP contribution in [0.5, 0.6) is 0 Å². The smallest absolute Gasteiger partial charge is 0.181 e. The van der Waals surface area contributed by atoms with Crippen molar-refractivity contribution in [2.45, 2.75) is 11.3 Å². The van der Waals surface area contributed by atoms with Crippen LogP contribution in [0.2, 0.25) is 0 Å². The lowest BCUT2D eigenvalue weighted by molar-refractivity contribution is 0.295. The number of sulfone groups is 1. The lowest BCUT2D eigenvalue weighted by Crippen LogP contribution is -2.10. The zero-order chi connectivity index (χ0) is 11.5. The number of aliphatic hydroxyl groups is 1. The van der Waals surface area contributed by atoms with Crippen molar-refractivity contribution in [1.82, 2.24) is 0 Å². The van der Waals surface area contributed by atoms with E-state index in [0.717, 1.165) is 12.1 Å². The van der Waals surface area contributed by atoms with E-state index in [2.05, 4.69) is 0 Å². The molecule has 0 radical (unpaired) electrons. The van der Waals surface area contributed by atoms with Gasteiger partial charge in [0, 0.05) is 12.7 Å². The molecule has 0 unspecified atom stereocenters. The van der Waals surface area contributed by atoms with Gasteiger partial charge in [-0.1, -0.05) is 0 Å². The summed E-state index contributed by atoms with van der Waals surface area (Å²) >= 11 is 0. The van der Waals surface area contributed by atoms with E-state index in [1.165, 1.54) is 0 Å². The van der Waals surface area contributed by atoms with Gasteiger partial charge in [0.05, 0.1) is 5.75 Å². The molecule has 0 spiro atoms. The van der Waals surface area contributed by atoms with Crippen LogP contribution in [0.15, 0.2) is 23.1 Å². The zero-order valence-electron chi connectivity index (χ0n) is 7.78. The second kappa shape index (κ2) is 4.67. The first-order valence-electron chi connectivity index (χ1n) is 4.26. The average molecular weight is 236 g/mol. The molecule has 0 heterocycles. The first kappa shape index (κ1) is 12.1. The predicted octanol–water partition coefficient (Wildman–Crippen LogP) is 1.12. The van der Waals surface area contributed by atoms with Gasteiger partial charge in [-0.05, 0) is 18.6 Å². The standard InChI is InChI=1S/C9H10F2O3S/c10-7-2-3-9(8(11)6-7)15(13,14)5-1-4-12/h2-3,6,12H,1,4-5H2. The monoisotopic (exact) mass is 236 g/mol. The molecule has 0 aromatic heterocycles. The van der Waals surface area contributed by atoms with Gasteiger partial charge in [0.1, 0.15) is 16.5 Å². The second-order valence-corrected chi connectivity index (χ2v) is 5.05. The van der Waals surface area contributed by atoms with Gasteiger partial charge in [-0.15, -0.1) is 0 Å². The van der Waals surface area contributed by atoms with Gasteiger partial charge >= 0.3 is 0 Å². The molecule has 84 valence electrons. The van der Waals surface area contributed by atoms with Gasteiger partial charge in [-0.3, -0.25) is 0 Å². The summed E-state index contributed by atoms with van der Waals surface area (Å²) in [6.07, 6.45) is 0.0269. The molecule has 0 fully saturated rings. The molecular formula is C9H10F2O3S. The molecule has 6 heteroatoms. The quantitative estimate of drug-likeness (QED) is 0.797. The van der Waals surface area contributed by atoms with E-state index in [0.29, 0.717) is 6.07 Å². The molecule has 0 aliphatic carbocycles. The summed E-state index contributed by atoms with van der Waals surface area (Å²) in [5.74, 6) is -2.28. The Morgan fingerprint density at radius 1 is 1.27 bits per heavy atom. The Morgan fingerprint density at radius 3 is 2.47 bits per heavy atom. The number of benzene rings is 1. The van der Waals surface area contributed by atoms with E-state index in [9.17, 15) is 17.2 Å². The largest absolute Gasteiger partial charge is 0.396 e. The summed E-state index contributed by atoms with van der Waals surface area (Å²) in [7, 11) is -3.77. The molecule has 0 aliphatic rings. The van der Waals surface area contributed by atoms with Gasteiger partial charge in [0.25, 0.3) is 0 Å². The highest BCUT2D eigenvalue weighted by Crippen LogP contribution is 2.17. The molecule has 1 aromatic rings. The maximum Gasteiger partial charge on any atom is 0.181 e. The molecule has 0 amide bonds. The molecule has 0 bridgehead atoms. The number of hydrogen-bond acceptors (Lipinski definition) is 3. The van der Waals surface area contributed by atoms with Crippen LogP contribution in [0.3, 0.4) is 0 Å². The van der Waals surface area contributed by atoms with Crippen LogP contribution in [0.25, 0.3) is 0 Å². The number of hydrogen-bond donors (Lipinski definition) is 1. The van der Waals surface area contributed by atoms with Crippen molar-refractivity contribution >= 4 is 9.84 Å². The average Bonchev–Trinajstić information content (AvgIpc) is 2.14. The van der Waals surface area contributed by atoms with Crippen molar-refractivity contribution in [2.24, 2.45) is 0 Å². The fraction of sp³-hybridized carbons (Fsp3) is 0.333. The molecule has 3 nitrogen and oxygen atoms in total. The Morgan fingerprint density at radius 2 is 1.93 bits per heavy atom. The Labute approximate surface area is 86.3 Å². The molecule has 0 atom stereocenters. The van der Waals surface area contributed by atoms with Crippen LogP contribution in [0.1, 0.15) is 6.42 Å². The van der Waals surface area contributed by atoms with Gasteiger partial charge in [0.15, 0.2) is 9.84 Å². The number of halogens is 2. The zero-order valence-corrected chi connectivity index (χ0v) is 8.60. The molecular weight excluding hydrogens is 226 g/mol. The summed E-state index contributed by atoms with van der Waals surface area (Å²) in [6, 6.07) is 2.29. The van der Waals surface area contributed by atoms with Crippen molar-refractivity contribution in [2.75, 3.05) is 12.4 Å². The van der Waals surface area contributed by atoms with Crippen molar-refractivity contribution in [3.8, 4) is 0 Å². The van der Waals surface area contributed by atoms with Crippen LogP contribution in [-0.2, 0) is 9.84 Å². The van der Waals surface area contributed by atoms with Crippen LogP contribution < -0.4 is 0 Å². The van der Waals surface area contributed by atoms with Gasteiger partial charge < -0.3 is 5.11 Å². The molecule has 0 saturated carbocycles. The van der Waals surface area contributed by atoms with Gasteiger partial charge in [0.2, 0.25) is 0 Å². The van der Waals surface area contributed by atoms with Crippen LogP contribution in [0, 0.1) is 11.6 Å². The lowest BCUT2D eigenvalue weighted by Gasteiger charge is -2.04. The Hall–Kier alpha value is -1.01. The highest BCUT2D eigenvalue weighted by Gasteiger charge is 2.18. The van der Waals surface area contributed by atoms with Crippen LogP contribution >= 0.6 is 0 Å². The highest BCUT2D eigenvalue weighted by atomic mass is 32.2. The second-order valence-electron chi connectivity index (χ2n) is 2.97. The van der Waals surface area contributed by atoms with E-state index < -0.39 is 26.4 Å². The van der Waals surface area contributed by atoms with Gasteiger partial charge in [-0.25, -0.2) is 17.2 Å². The maximum atomic E-state index is 13.1. The minimum absolute atomic E-state index is 0.0269. The Kier molecular flexibility index (Phi) is 3.76. The van der Waals surface area contributed by atoms with Crippen molar-refractivity contribution in [3.05, 3.63) is 29.8 Å². The van der Waals surface area contributed by atoms with Crippen molar-refractivity contribution in [3.63, 3.8) is 0 Å². The number of rotatable bonds is 4. The van der Waals surface area contributed by atoms with Gasteiger partial charge in [-0.2, -0.15) is 0 Å². The van der Waals surface area contributed by atoms with E-state index >= 15 is 0 Å². The molecule has 1 rings (SSSR count). The van der Waals surface area contributed by atoms with E-state index in [1.807, 2.05) is 0 Å². The Balaban J connectivity index is 3.05. The van der Waals surface area contributed by atoms with Crippen LogP contribution in [-0.4, -0.2) is 25.9 Å². The fourth-order valence-corrected chi connectivity index (χ4v) is 2.45. The van der Waals surface area contributed by atoms with E-state index in [1.54, 1.807) is 0 Å². The molecule has 1 N–H and O–H groups in total. The summed E-state index contributed by atoms with van der Waals surface area (Å²) in [5, 5.41) is 8.47. The molecule has 0 aliphatic heterocycles. The van der Waals surface area contributed by atoms with Crippen LogP contribution in [0.4, 0.5) is 8.78 Å². The minimum atomic E-state index is -3.77. The Bertz CT molecular complexity index is 443. The van der Waals surface area contributed by atoms with Crippen molar-refractivity contribution in [1.29, 1.82) is 0 Å².